The van der Waals surface area contributed by atoms with Crippen molar-refractivity contribution in [2.24, 2.45) is 0 Å². The van der Waals surface area contributed by atoms with Gasteiger partial charge >= 0.3 is 0 Å². The van der Waals surface area contributed by atoms with Gasteiger partial charge in [0.2, 0.25) is 0 Å². The lowest BCUT2D eigenvalue weighted by Crippen LogP contribution is -2.34. The van der Waals surface area contributed by atoms with Crippen LogP contribution in [0.15, 0.2) is 0 Å². The van der Waals surface area contributed by atoms with Crippen LogP contribution < -0.4 is 0 Å². The van der Waals surface area contributed by atoms with Gasteiger partial charge in [-0.15, -0.1) is 11.6 Å². The number of halogens is 1. The molecule has 2 unspecified atom stereocenters. The van der Waals surface area contributed by atoms with Crippen molar-refractivity contribution < 1.29 is 4.74 Å². The third kappa shape index (κ3) is 2.14. The van der Waals surface area contributed by atoms with E-state index >= 15 is 0 Å². The maximum absolute atomic E-state index is 6.16. The molecule has 0 N–H and O–H groups in total. The predicted molar refractivity (Wildman–Crippen MR) is 50.6 cm³/mol. The van der Waals surface area contributed by atoms with Gasteiger partial charge in [0.05, 0.1) is 12.2 Å². The van der Waals surface area contributed by atoms with Crippen molar-refractivity contribution in [3.05, 3.63) is 0 Å². The van der Waals surface area contributed by atoms with Gasteiger partial charge in [0.1, 0.15) is 0 Å². The lowest BCUT2D eigenvalue weighted by molar-refractivity contribution is -0.0621. The number of ether oxygens (including phenoxy) is 1. The smallest absolute Gasteiger partial charge is 0.0593 e. The van der Waals surface area contributed by atoms with E-state index in [1.165, 1.54) is 32.1 Å². The van der Waals surface area contributed by atoms with E-state index in [0.29, 0.717) is 17.6 Å². The van der Waals surface area contributed by atoms with Crippen molar-refractivity contribution in [3.8, 4) is 0 Å². The molecule has 2 fully saturated rings. The molecular weight excluding hydrogens is 172 g/mol. The van der Waals surface area contributed by atoms with Crippen molar-refractivity contribution in [2.45, 2.75) is 62.5 Å². The molecule has 12 heavy (non-hydrogen) atoms. The molecule has 0 aliphatic carbocycles. The first-order chi connectivity index (χ1) is 5.84. The van der Waals surface area contributed by atoms with E-state index in [0.717, 1.165) is 12.8 Å². The molecule has 1 nitrogen and oxygen atoms in total. The fraction of sp³-hybridized carbons (Fsp3) is 1.00. The van der Waals surface area contributed by atoms with E-state index in [4.69, 9.17) is 16.3 Å². The van der Waals surface area contributed by atoms with Crippen LogP contribution >= 0.6 is 11.6 Å². The fourth-order valence-electron chi connectivity index (χ4n) is 2.34. The van der Waals surface area contributed by atoms with Gasteiger partial charge in [0.25, 0.3) is 0 Å². The highest BCUT2D eigenvalue weighted by Gasteiger charge is 2.28. The molecule has 2 aliphatic rings. The van der Waals surface area contributed by atoms with Gasteiger partial charge in [-0.1, -0.05) is 19.3 Å². The fourth-order valence-corrected chi connectivity index (χ4v) is 2.74. The molecule has 0 radical (unpaired) electrons. The van der Waals surface area contributed by atoms with Gasteiger partial charge in [-0.25, -0.2) is 0 Å². The highest BCUT2D eigenvalue weighted by Crippen LogP contribution is 2.31. The van der Waals surface area contributed by atoms with Crippen molar-refractivity contribution in [1.29, 1.82) is 0 Å². The molecule has 2 aliphatic heterocycles. The molecule has 0 aromatic carbocycles. The topological polar surface area (TPSA) is 9.23 Å². The molecular formula is C10H17ClO. The van der Waals surface area contributed by atoms with E-state index in [-0.39, 0.29) is 0 Å². The van der Waals surface area contributed by atoms with Crippen molar-refractivity contribution >= 4 is 11.6 Å². The van der Waals surface area contributed by atoms with Crippen LogP contribution in [0, 0.1) is 0 Å². The van der Waals surface area contributed by atoms with Gasteiger partial charge in [-0.2, -0.15) is 0 Å². The van der Waals surface area contributed by atoms with Crippen molar-refractivity contribution in [3.63, 3.8) is 0 Å². The number of fused-ring (bicyclic) bond motifs is 2. The first kappa shape index (κ1) is 8.83. The largest absolute Gasteiger partial charge is 0.375 e. The number of alkyl halides is 1. The molecule has 0 saturated carbocycles. The van der Waals surface area contributed by atoms with Crippen molar-refractivity contribution in [2.75, 3.05) is 0 Å². The van der Waals surface area contributed by atoms with E-state index in [1.807, 2.05) is 0 Å². The highest BCUT2D eigenvalue weighted by atomic mass is 35.5. The Morgan fingerprint density at radius 3 is 2.08 bits per heavy atom. The molecule has 2 heterocycles. The quantitative estimate of drug-likeness (QED) is 0.531. The summed E-state index contributed by atoms with van der Waals surface area (Å²) in [5, 5.41) is 0.381. The summed E-state index contributed by atoms with van der Waals surface area (Å²) >= 11 is 6.16. The second-order valence-electron chi connectivity index (χ2n) is 4.09. The minimum Gasteiger partial charge on any atom is -0.375 e. The Morgan fingerprint density at radius 1 is 0.917 bits per heavy atom. The Balaban J connectivity index is 1.94. The Labute approximate surface area is 79.4 Å². The molecule has 2 atom stereocenters. The van der Waals surface area contributed by atoms with Crippen LogP contribution in [-0.2, 0) is 4.74 Å². The van der Waals surface area contributed by atoms with E-state index in [1.54, 1.807) is 0 Å². The zero-order valence-electron chi connectivity index (χ0n) is 7.47. The summed E-state index contributed by atoms with van der Waals surface area (Å²) in [6.45, 7) is 0. The van der Waals surface area contributed by atoms with Crippen molar-refractivity contribution in [1.82, 2.24) is 0 Å². The minimum absolute atomic E-state index is 0.381. The number of hydrogen-bond acceptors (Lipinski definition) is 1. The van der Waals surface area contributed by atoms with Crippen LogP contribution in [0.3, 0.4) is 0 Å². The van der Waals surface area contributed by atoms with E-state index in [2.05, 4.69) is 0 Å². The second-order valence-corrected chi connectivity index (χ2v) is 4.70. The van der Waals surface area contributed by atoms with E-state index < -0.39 is 0 Å². The number of hydrogen-bond donors (Lipinski definition) is 0. The normalized spacial score (nSPS) is 43.2. The summed E-state index contributed by atoms with van der Waals surface area (Å²) in [5.41, 5.74) is 0. The molecule has 0 amide bonds. The van der Waals surface area contributed by atoms with Crippen LogP contribution in [0.4, 0.5) is 0 Å². The Hall–Kier alpha value is 0.250. The van der Waals surface area contributed by atoms with Crippen LogP contribution in [0.1, 0.15) is 44.9 Å². The van der Waals surface area contributed by atoms with Gasteiger partial charge < -0.3 is 4.74 Å². The maximum Gasteiger partial charge on any atom is 0.0593 e. The number of rotatable bonds is 0. The average molecular weight is 189 g/mol. The molecule has 70 valence electrons. The summed E-state index contributed by atoms with van der Waals surface area (Å²) in [6, 6.07) is 0. The van der Waals surface area contributed by atoms with Gasteiger partial charge in [-0.05, 0) is 25.7 Å². The Kier molecular flexibility index (Phi) is 2.92. The lowest BCUT2D eigenvalue weighted by Gasteiger charge is -2.34. The van der Waals surface area contributed by atoms with Gasteiger partial charge in [0.15, 0.2) is 0 Å². The standard InChI is InChI=1S/C10H17ClO/c11-8-6-9-4-2-1-3-5-10(7-8)12-9/h8-10H,1-7H2. The third-order valence-electron chi connectivity index (χ3n) is 2.97. The maximum atomic E-state index is 6.16. The predicted octanol–water partition coefficient (Wildman–Crippen LogP) is 3.11. The van der Waals surface area contributed by atoms with Crippen LogP contribution in [0.5, 0.6) is 0 Å². The zero-order chi connectivity index (χ0) is 8.39. The Bertz CT molecular complexity index is 135. The van der Waals surface area contributed by atoms with Crippen LogP contribution in [0.25, 0.3) is 0 Å². The summed E-state index contributed by atoms with van der Waals surface area (Å²) in [4.78, 5) is 0. The summed E-state index contributed by atoms with van der Waals surface area (Å²) in [5.74, 6) is 0. The molecule has 0 aromatic rings. The summed E-state index contributed by atoms with van der Waals surface area (Å²) in [6.07, 6.45) is 9.65. The minimum atomic E-state index is 0.381. The SMILES string of the molecule is ClC1CC2CCCCCC(C1)O2. The molecule has 2 saturated heterocycles. The molecule has 2 rings (SSSR count). The van der Waals surface area contributed by atoms with Gasteiger partial charge in [-0.3, -0.25) is 0 Å². The first-order valence-corrected chi connectivity index (χ1v) is 5.58. The highest BCUT2D eigenvalue weighted by molar-refractivity contribution is 6.20. The zero-order valence-corrected chi connectivity index (χ0v) is 8.22. The van der Waals surface area contributed by atoms with Gasteiger partial charge in [0, 0.05) is 5.38 Å². The molecule has 2 bridgehead atoms. The molecule has 0 aromatic heterocycles. The van der Waals surface area contributed by atoms with E-state index in [9.17, 15) is 0 Å². The summed E-state index contributed by atoms with van der Waals surface area (Å²) in [7, 11) is 0. The monoisotopic (exact) mass is 188 g/mol. The Morgan fingerprint density at radius 2 is 1.50 bits per heavy atom. The molecule has 2 heteroatoms. The molecule has 0 spiro atoms. The first-order valence-electron chi connectivity index (χ1n) is 5.14. The average Bonchev–Trinajstić information content (AvgIpc) is 2.00. The second kappa shape index (κ2) is 3.97. The van der Waals surface area contributed by atoms with Crippen LogP contribution in [-0.4, -0.2) is 17.6 Å². The van der Waals surface area contributed by atoms with Crippen LogP contribution in [0.2, 0.25) is 0 Å². The summed E-state index contributed by atoms with van der Waals surface area (Å²) < 4.78 is 5.91. The lowest BCUT2D eigenvalue weighted by atomic mass is 9.93. The third-order valence-corrected chi connectivity index (χ3v) is 3.33.